The molecule has 9 heteroatoms. The predicted molar refractivity (Wildman–Crippen MR) is 95.4 cm³/mol. The minimum Gasteiger partial charge on any atom is -0.484 e. The van der Waals surface area contributed by atoms with Gasteiger partial charge in [-0.2, -0.15) is 13.2 Å². The Hall–Kier alpha value is -3.36. The summed E-state index contributed by atoms with van der Waals surface area (Å²) in [6, 6.07) is 9.30. The minimum atomic E-state index is -4.41. The number of rotatable bonds is 5. The predicted octanol–water partition coefficient (Wildman–Crippen LogP) is 2.87. The maximum Gasteiger partial charge on any atom is 0.422 e. The molecule has 1 aromatic carbocycles. The van der Waals surface area contributed by atoms with Crippen LogP contribution < -0.4 is 15.6 Å². The zero-order valence-corrected chi connectivity index (χ0v) is 14.8. The molecule has 28 heavy (non-hydrogen) atoms. The Morgan fingerprint density at radius 3 is 2.57 bits per heavy atom. The van der Waals surface area contributed by atoms with Crippen LogP contribution in [0.1, 0.15) is 21.5 Å². The number of ether oxygens (including phenoxy) is 1. The number of nitrogens with zero attached hydrogens (tertiary/aromatic N) is 2. The van der Waals surface area contributed by atoms with Gasteiger partial charge >= 0.3 is 6.18 Å². The number of amides is 1. The summed E-state index contributed by atoms with van der Waals surface area (Å²) in [5, 5.41) is 2.60. The van der Waals surface area contributed by atoms with Crippen molar-refractivity contribution in [2.24, 2.45) is 0 Å². The van der Waals surface area contributed by atoms with Crippen molar-refractivity contribution in [1.82, 2.24) is 14.7 Å². The summed E-state index contributed by atoms with van der Waals surface area (Å²) in [6.45, 7) is 0.538. The van der Waals surface area contributed by atoms with E-state index in [1.807, 2.05) is 13.0 Å². The van der Waals surface area contributed by atoms with Gasteiger partial charge in [0.05, 0.1) is 0 Å². The Morgan fingerprint density at radius 2 is 1.89 bits per heavy atom. The molecule has 0 saturated carbocycles. The van der Waals surface area contributed by atoms with Crippen molar-refractivity contribution in [3.63, 3.8) is 0 Å². The highest BCUT2D eigenvalue weighted by Gasteiger charge is 2.28. The fraction of sp³-hybridized carbons (Fsp3) is 0.211. The third kappa shape index (κ3) is 4.67. The number of carbonyl (C=O) groups excluding carboxylic acids is 1. The van der Waals surface area contributed by atoms with Gasteiger partial charge in [0.15, 0.2) is 6.61 Å². The first-order valence-corrected chi connectivity index (χ1v) is 8.28. The van der Waals surface area contributed by atoms with Crippen LogP contribution in [0.3, 0.4) is 0 Å². The van der Waals surface area contributed by atoms with E-state index in [1.165, 1.54) is 34.9 Å². The Bertz CT molecular complexity index is 1060. The molecule has 0 bridgehead atoms. The molecule has 0 saturated heterocycles. The zero-order chi connectivity index (χ0) is 20.3. The van der Waals surface area contributed by atoms with Crippen molar-refractivity contribution in [1.29, 1.82) is 0 Å². The van der Waals surface area contributed by atoms with E-state index >= 15 is 0 Å². The standard InChI is InChI=1S/C19H16F3N3O3/c1-12-2-7-16-23-9-15(18(27)25(16)10-12)17(26)24-8-13-3-5-14(6-4-13)28-11-19(20,21)22/h2-7,9-10H,8,11H2,1H3,(H,24,26). The van der Waals surface area contributed by atoms with E-state index < -0.39 is 24.2 Å². The van der Waals surface area contributed by atoms with Crippen LogP contribution in [0.5, 0.6) is 5.75 Å². The molecule has 0 spiro atoms. The van der Waals surface area contributed by atoms with Crippen LogP contribution in [0.4, 0.5) is 13.2 Å². The number of hydrogen-bond donors (Lipinski definition) is 1. The highest BCUT2D eigenvalue weighted by molar-refractivity contribution is 5.93. The number of benzene rings is 1. The van der Waals surface area contributed by atoms with E-state index in [1.54, 1.807) is 12.3 Å². The highest BCUT2D eigenvalue weighted by Crippen LogP contribution is 2.18. The van der Waals surface area contributed by atoms with Crippen molar-refractivity contribution >= 4 is 11.6 Å². The SMILES string of the molecule is Cc1ccc2ncc(C(=O)NCc3ccc(OCC(F)(F)F)cc3)c(=O)n2c1. The first-order valence-electron chi connectivity index (χ1n) is 8.28. The van der Waals surface area contributed by atoms with Crippen LogP contribution in [-0.2, 0) is 6.54 Å². The van der Waals surface area contributed by atoms with Gasteiger partial charge in [0.2, 0.25) is 0 Å². The molecule has 0 aliphatic carbocycles. The van der Waals surface area contributed by atoms with Crippen LogP contribution in [-0.4, -0.2) is 28.1 Å². The van der Waals surface area contributed by atoms with Gasteiger partial charge in [0.1, 0.15) is 17.0 Å². The smallest absolute Gasteiger partial charge is 0.422 e. The van der Waals surface area contributed by atoms with Crippen LogP contribution >= 0.6 is 0 Å². The summed E-state index contributed by atoms with van der Waals surface area (Å²) in [7, 11) is 0. The van der Waals surface area contributed by atoms with Gasteiger partial charge in [0, 0.05) is 18.9 Å². The van der Waals surface area contributed by atoms with E-state index in [4.69, 9.17) is 0 Å². The second-order valence-electron chi connectivity index (χ2n) is 6.14. The Morgan fingerprint density at radius 1 is 1.18 bits per heavy atom. The van der Waals surface area contributed by atoms with Crippen LogP contribution in [0.2, 0.25) is 0 Å². The molecule has 146 valence electrons. The van der Waals surface area contributed by atoms with E-state index in [9.17, 15) is 22.8 Å². The molecule has 0 aliphatic rings. The van der Waals surface area contributed by atoms with Crippen molar-refractivity contribution < 1.29 is 22.7 Å². The normalized spacial score (nSPS) is 11.4. The summed E-state index contributed by atoms with van der Waals surface area (Å²) in [5.41, 5.74) is 1.33. The summed E-state index contributed by atoms with van der Waals surface area (Å²) in [5.74, 6) is -0.523. The van der Waals surface area contributed by atoms with Gasteiger partial charge in [-0.15, -0.1) is 0 Å². The van der Waals surface area contributed by atoms with Crippen molar-refractivity contribution in [3.05, 3.63) is 75.8 Å². The lowest BCUT2D eigenvalue weighted by atomic mass is 10.2. The number of pyridine rings is 1. The number of alkyl halides is 3. The highest BCUT2D eigenvalue weighted by atomic mass is 19.4. The number of hydrogen-bond acceptors (Lipinski definition) is 4. The van der Waals surface area contributed by atoms with E-state index in [-0.39, 0.29) is 17.9 Å². The number of fused-ring (bicyclic) bond motifs is 1. The van der Waals surface area contributed by atoms with Crippen LogP contribution in [0.25, 0.3) is 5.65 Å². The van der Waals surface area contributed by atoms with E-state index in [2.05, 4.69) is 15.0 Å². The summed E-state index contributed by atoms with van der Waals surface area (Å²) in [4.78, 5) is 28.9. The van der Waals surface area contributed by atoms with Gasteiger partial charge in [-0.05, 0) is 36.2 Å². The van der Waals surface area contributed by atoms with E-state index in [0.717, 1.165) is 5.56 Å². The first-order chi connectivity index (χ1) is 13.2. The molecule has 2 heterocycles. The van der Waals surface area contributed by atoms with Gasteiger partial charge in [-0.25, -0.2) is 4.98 Å². The zero-order valence-electron chi connectivity index (χ0n) is 14.8. The lowest BCUT2D eigenvalue weighted by molar-refractivity contribution is -0.153. The average Bonchev–Trinajstić information content (AvgIpc) is 2.65. The molecule has 2 aromatic heterocycles. The molecule has 0 aliphatic heterocycles. The number of carbonyl (C=O) groups is 1. The van der Waals surface area contributed by atoms with Gasteiger partial charge in [-0.3, -0.25) is 14.0 Å². The summed E-state index contributed by atoms with van der Waals surface area (Å²) in [6.07, 6.45) is -1.59. The second-order valence-corrected chi connectivity index (χ2v) is 6.14. The number of aryl methyl sites for hydroxylation is 1. The third-order valence-corrected chi connectivity index (χ3v) is 3.87. The first kappa shape index (κ1) is 19.4. The van der Waals surface area contributed by atoms with Crippen LogP contribution in [0, 0.1) is 6.92 Å². The Balaban J connectivity index is 1.66. The third-order valence-electron chi connectivity index (χ3n) is 3.87. The van der Waals surface area contributed by atoms with Gasteiger partial charge in [0.25, 0.3) is 11.5 Å². The Kier molecular flexibility index (Phi) is 5.34. The van der Waals surface area contributed by atoms with Crippen molar-refractivity contribution in [2.45, 2.75) is 19.6 Å². The quantitative estimate of drug-likeness (QED) is 0.726. The number of halogens is 3. The number of aromatic nitrogens is 2. The topological polar surface area (TPSA) is 72.7 Å². The molecular formula is C19H16F3N3O3. The maximum atomic E-state index is 12.5. The summed E-state index contributed by atoms with van der Waals surface area (Å²) >= 11 is 0. The van der Waals surface area contributed by atoms with Crippen molar-refractivity contribution in [3.8, 4) is 5.75 Å². The molecule has 0 fully saturated rings. The van der Waals surface area contributed by atoms with Gasteiger partial charge < -0.3 is 10.1 Å². The summed E-state index contributed by atoms with van der Waals surface area (Å²) < 4.78 is 42.3. The fourth-order valence-corrected chi connectivity index (χ4v) is 2.48. The minimum absolute atomic E-state index is 0.0692. The molecule has 0 atom stereocenters. The molecule has 1 N–H and O–H groups in total. The lowest BCUT2D eigenvalue weighted by Gasteiger charge is -2.10. The molecule has 1 amide bonds. The molecule has 6 nitrogen and oxygen atoms in total. The van der Waals surface area contributed by atoms with Crippen LogP contribution in [0.15, 0.2) is 53.6 Å². The molecular weight excluding hydrogens is 375 g/mol. The molecule has 0 unspecified atom stereocenters. The van der Waals surface area contributed by atoms with Gasteiger partial charge in [-0.1, -0.05) is 18.2 Å². The second kappa shape index (κ2) is 7.71. The largest absolute Gasteiger partial charge is 0.484 e. The maximum absolute atomic E-state index is 12.5. The monoisotopic (exact) mass is 391 g/mol. The number of nitrogens with one attached hydrogen (secondary N) is 1. The van der Waals surface area contributed by atoms with Crippen molar-refractivity contribution in [2.75, 3.05) is 6.61 Å². The fourth-order valence-electron chi connectivity index (χ4n) is 2.48. The Labute approximate surface area is 157 Å². The molecule has 3 aromatic rings. The average molecular weight is 391 g/mol. The lowest BCUT2D eigenvalue weighted by Crippen LogP contribution is -2.31. The molecule has 3 rings (SSSR count). The molecule has 0 radical (unpaired) electrons. The van der Waals surface area contributed by atoms with E-state index in [0.29, 0.717) is 11.2 Å².